The van der Waals surface area contributed by atoms with E-state index >= 15 is 0 Å². The molecule has 1 rings (SSSR count). The Kier molecular flexibility index (Phi) is 5.19. The van der Waals surface area contributed by atoms with Crippen LogP contribution >= 0.6 is 15.9 Å². The number of hydrogen-bond donors (Lipinski definition) is 1. The number of carbonyl (C=O) groups excluding carboxylic acids is 1. The highest BCUT2D eigenvalue weighted by molar-refractivity contribution is 9.10. The normalized spacial score (nSPS) is 14.2. The first-order valence-corrected chi connectivity index (χ1v) is 6.88. The van der Waals surface area contributed by atoms with Crippen molar-refractivity contribution in [3.8, 4) is 0 Å². The van der Waals surface area contributed by atoms with E-state index in [1.807, 2.05) is 13.8 Å². The molecule has 17 heavy (non-hydrogen) atoms. The highest BCUT2D eigenvalue weighted by Crippen LogP contribution is 2.19. The molecule has 0 heterocycles. The van der Waals surface area contributed by atoms with E-state index in [9.17, 15) is 4.79 Å². The average molecular weight is 298 g/mol. The van der Waals surface area contributed by atoms with Gasteiger partial charge in [0.05, 0.1) is 10.9 Å². The van der Waals surface area contributed by atoms with Crippen molar-refractivity contribution in [3.63, 3.8) is 0 Å². The van der Waals surface area contributed by atoms with Gasteiger partial charge in [-0.25, -0.2) is 0 Å². The zero-order valence-corrected chi connectivity index (χ0v) is 12.5. The number of hydrogen-bond acceptors (Lipinski definition) is 1. The van der Waals surface area contributed by atoms with Gasteiger partial charge < -0.3 is 5.32 Å². The van der Waals surface area contributed by atoms with Gasteiger partial charge in [0, 0.05) is 0 Å². The molecular formula is C14H20BrNO. The van der Waals surface area contributed by atoms with E-state index in [0.717, 1.165) is 6.42 Å². The molecule has 0 saturated carbocycles. The van der Waals surface area contributed by atoms with Crippen molar-refractivity contribution in [1.29, 1.82) is 0 Å². The molecule has 0 aliphatic rings. The monoisotopic (exact) mass is 297 g/mol. The average Bonchev–Trinajstić information content (AvgIpc) is 2.27. The van der Waals surface area contributed by atoms with Crippen LogP contribution in [0.15, 0.2) is 18.2 Å². The summed E-state index contributed by atoms with van der Waals surface area (Å²) in [4.78, 5) is 11.7. The maximum Gasteiger partial charge on any atom is 0.234 e. The third kappa shape index (κ3) is 3.84. The Hall–Kier alpha value is -0.830. The number of amides is 1. The van der Waals surface area contributed by atoms with Crippen LogP contribution in [0.4, 0.5) is 0 Å². The summed E-state index contributed by atoms with van der Waals surface area (Å²) >= 11 is 3.36. The van der Waals surface area contributed by atoms with Crippen molar-refractivity contribution >= 4 is 21.8 Å². The molecule has 0 aromatic heterocycles. The number of benzene rings is 1. The molecule has 2 nitrogen and oxygen atoms in total. The molecule has 0 spiro atoms. The summed E-state index contributed by atoms with van der Waals surface area (Å²) in [6.45, 7) is 8.16. The SMILES string of the molecule is CCC(Br)C(=O)NC(C)c1ccc(C)cc1C. The summed E-state index contributed by atoms with van der Waals surface area (Å²) in [7, 11) is 0. The first-order valence-electron chi connectivity index (χ1n) is 5.97. The molecule has 0 radical (unpaired) electrons. The second kappa shape index (κ2) is 6.20. The van der Waals surface area contributed by atoms with E-state index in [0.29, 0.717) is 0 Å². The molecule has 3 heteroatoms. The highest BCUT2D eigenvalue weighted by atomic mass is 79.9. The summed E-state index contributed by atoms with van der Waals surface area (Å²) in [5, 5.41) is 3.02. The fourth-order valence-corrected chi connectivity index (χ4v) is 2.01. The Bertz CT molecular complexity index is 403. The minimum absolute atomic E-state index is 0.0506. The second-order valence-corrected chi connectivity index (χ2v) is 5.57. The van der Waals surface area contributed by atoms with Crippen LogP contribution in [-0.2, 0) is 4.79 Å². The van der Waals surface area contributed by atoms with Crippen LogP contribution in [0.5, 0.6) is 0 Å². The number of alkyl halides is 1. The van der Waals surface area contributed by atoms with Crippen molar-refractivity contribution in [2.24, 2.45) is 0 Å². The van der Waals surface area contributed by atoms with Crippen molar-refractivity contribution in [3.05, 3.63) is 34.9 Å². The molecular weight excluding hydrogens is 278 g/mol. The lowest BCUT2D eigenvalue weighted by Crippen LogP contribution is -2.33. The fourth-order valence-electron chi connectivity index (χ4n) is 1.88. The summed E-state index contributed by atoms with van der Waals surface area (Å²) in [5.41, 5.74) is 3.65. The molecule has 0 saturated heterocycles. The van der Waals surface area contributed by atoms with Crippen molar-refractivity contribution in [2.75, 3.05) is 0 Å². The predicted octanol–water partition coefficient (Wildman–Crippen LogP) is 3.65. The lowest BCUT2D eigenvalue weighted by Gasteiger charge is -2.18. The van der Waals surface area contributed by atoms with Gasteiger partial charge in [-0.15, -0.1) is 0 Å². The summed E-state index contributed by atoms with van der Waals surface area (Å²) in [6.07, 6.45) is 0.797. The third-order valence-corrected chi connectivity index (χ3v) is 3.96. The van der Waals surface area contributed by atoms with E-state index in [2.05, 4.69) is 53.3 Å². The van der Waals surface area contributed by atoms with Crippen LogP contribution < -0.4 is 5.32 Å². The number of nitrogens with one attached hydrogen (secondary N) is 1. The quantitative estimate of drug-likeness (QED) is 0.845. The molecule has 1 aromatic carbocycles. The molecule has 94 valence electrons. The summed E-state index contributed by atoms with van der Waals surface area (Å²) < 4.78 is 0. The molecule has 0 aliphatic heterocycles. The molecule has 1 N–H and O–H groups in total. The van der Waals surface area contributed by atoms with Crippen LogP contribution in [0.2, 0.25) is 0 Å². The number of halogens is 1. The Morgan fingerprint density at radius 3 is 2.59 bits per heavy atom. The van der Waals surface area contributed by atoms with Gasteiger partial charge in [-0.2, -0.15) is 0 Å². The molecule has 0 fully saturated rings. The molecule has 2 atom stereocenters. The lowest BCUT2D eigenvalue weighted by atomic mass is 10.0. The van der Waals surface area contributed by atoms with Gasteiger partial charge in [-0.1, -0.05) is 46.6 Å². The first kappa shape index (κ1) is 14.2. The number of aryl methyl sites for hydroxylation is 2. The van der Waals surface area contributed by atoms with Crippen molar-refractivity contribution in [2.45, 2.75) is 45.0 Å². The van der Waals surface area contributed by atoms with Gasteiger partial charge in [0.2, 0.25) is 5.91 Å². The largest absolute Gasteiger partial charge is 0.349 e. The Morgan fingerprint density at radius 1 is 1.41 bits per heavy atom. The van der Waals surface area contributed by atoms with Gasteiger partial charge in [0.1, 0.15) is 0 Å². The standard InChI is InChI=1S/C14H20BrNO/c1-5-13(15)14(17)16-11(4)12-7-6-9(2)8-10(12)3/h6-8,11,13H,5H2,1-4H3,(H,16,17). The van der Waals surface area contributed by atoms with Gasteiger partial charge in [0.25, 0.3) is 0 Å². The maximum atomic E-state index is 11.8. The first-order chi connectivity index (χ1) is 7.95. The van der Waals surface area contributed by atoms with Crippen LogP contribution in [-0.4, -0.2) is 10.7 Å². The Balaban J connectivity index is 2.76. The fraction of sp³-hybridized carbons (Fsp3) is 0.500. The Labute approximate surface area is 112 Å². The predicted molar refractivity (Wildman–Crippen MR) is 75.5 cm³/mol. The van der Waals surface area contributed by atoms with Gasteiger partial charge in [0.15, 0.2) is 0 Å². The minimum Gasteiger partial charge on any atom is -0.349 e. The lowest BCUT2D eigenvalue weighted by molar-refractivity contribution is -0.121. The van der Waals surface area contributed by atoms with E-state index in [1.165, 1.54) is 16.7 Å². The van der Waals surface area contributed by atoms with E-state index < -0.39 is 0 Å². The zero-order valence-electron chi connectivity index (χ0n) is 10.9. The highest BCUT2D eigenvalue weighted by Gasteiger charge is 2.16. The van der Waals surface area contributed by atoms with Crippen molar-refractivity contribution in [1.82, 2.24) is 5.32 Å². The summed E-state index contributed by atoms with van der Waals surface area (Å²) in [5.74, 6) is 0.0555. The minimum atomic E-state index is -0.101. The molecule has 2 unspecified atom stereocenters. The zero-order chi connectivity index (χ0) is 13.0. The van der Waals surface area contributed by atoms with Gasteiger partial charge in [-0.05, 0) is 38.3 Å². The maximum absolute atomic E-state index is 11.8. The van der Waals surface area contributed by atoms with Gasteiger partial charge >= 0.3 is 0 Å². The van der Waals surface area contributed by atoms with E-state index in [1.54, 1.807) is 0 Å². The third-order valence-electron chi connectivity index (χ3n) is 2.89. The van der Waals surface area contributed by atoms with Crippen LogP contribution in [0.25, 0.3) is 0 Å². The summed E-state index contributed by atoms with van der Waals surface area (Å²) in [6, 6.07) is 6.36. The van der Waals surface area contributed by atoms with Crippen LogP contribution in [0.3, 0.4) is 0 Å². The van der Waals surface area contributed by atoms with E-state index in [-0.39, 0.29) is 16.8 Å². The molecule has 1 aromatic rings. The number of rotatable bonds is 4. The topological polar surface area (TPSA) is 29.1 Å². The smallest absolute Gasteiger partial charge is 0.234 e. The van der Waals surface area contributed by atoms with E-state index in [4.69, 9.17) is 0 Å². The van der Waals surface area contributed by atoms with Crippen molar-refractivity contribution < 1.29 is 4.79 Å². The van der Waals surface area contributed by atoms with Gasteiger partial charge in [-0.3, -0.25) is 4.79 Å². The molecule has 0 bridgehead atoms. The number of carbonyl (C=O) groups is 1. The Morgan fingerprint density at radius 2 is 2.06 bits per heavy atom. The molecule has 1 amide bonds. The van der Waals surface area contributed by atoms with Crippen LogP contribution in [0.1, 0.15) is 43.0 Å². The molecule has 0 aliphatic carbocycles. The second-order valence-electron chi connectivity index (χ2n) is 4.47. The van der Waals surface area contributed by atoms with Crippen LogP contribution in [0, 0.1) is 13.8 Å².